The second kappa shape index (κ2) is 6.34. The summed E-state index contributed by atoms with van der Waals surface area (Å²) in [5, 5.41) is 8.71. The number of hydrogen-bond donors (Lipinski definition) is 1. The highest BCUT2D eigenvalue weighted by atomic mass is 15.2. The normalized spacial score (nSPS) is 26.6. The molecule has 0 aliphatic carbocycles. The van der Waals surface area contributed by atoms with Crippen LogP contribution in [-0.2, 0) is 0 Å². The number of rotatable bonds is 3. The molecule has 0 saturated carbocycles. The van der Waals surface area contributed by atoms with Crippen LogP contribution in [-0.4, -0.2) is 54.6 Å². The summed E-state index contributed by atoms with van der Waals surface area (Å²) in [6.07, 6.45) is 6.65. The molecule has 96 valence electrons. The van der Waals surface area contributed by atoms with Gasteiger partial charge in [0.15, 0.2) is 0 Å². The number of nitrogens with two attached hydrogens (primary N) is 1. The average Bonchev–Trinajstić information content (AvgIpc) is 2.40. The zero-order valence-corrected chi connectivity index (χ0v) is 10.6. The molecule has 0 aromatic heterocycles. The summed E-state index contributed by atoms with van der Waals surface area (Å²) >= 11 is 0. The minimum atomic E-state index is -0.318. The van der Waals surface area contributed by atoms with Gasteiger partial charge in [0, 0.05) is 12.6 Å². The van der Waals surface area contributed by atoms with Gasteiger partial charge in [-0.1, -0.05) is 6.42 Å². The summed E-state index contributed by atoms with van der Waals surface area (Å²) in [7, 11) is 0. The van der Waals surface area contributed by atoms with Gasteiger partial charge >= 0.3 is 0 Å². The lowest BCUT2D eigenvalue weighted by molar-refractivity contribution is 0.0920. The summed E-state index contributed by atoms with van der Waals surface area (Å²) < 4.78 is 0. The molecule has 0 aromatic rings. The fourth-order valence-electron chi connectivity index (χ4n) is 3.07. The molecule has 2 aliphatic heterocycles. The molecule has 0 radical (unpaired) electrons. The number of nitriles is 1. The van der Waals surface area contributed by atoms with E-state index in [1.165, 1.54) is 45.2 Å². The van der Waals surface area contributed by atoms with Crippen molar-refractivity contribution in [1.29, 1.82) is 5.26 Å². The van der Waals surface area contributed by atoms with Crippen LogP contribution < -0.4 is 5.73 Å². The van der Waals surface area contributed by atoms with Crippen LogP contribution in [0.4, 0.5) is 0 Å². The molecule has 0 spiro atoms. The molecule has 2 N–H and O–H groups in total. The average molecular weight is 236 g/mol. The van der Waals surface area contributed by atoms with Crippen molar-refractivity contribution in [3.05, 3.63) is 0 Å². The van der Waals surface area contributed by atoms with E-state index >= 15 is 0 Å². The SMILES string of the molecule is N#CC(N)CN1CCC(N2CCCCC2)CC1. The largest absolute Gasteiger partial charge is 0.315 e. The van der Waals surface area contributed by atoms with Crippen LogP contribution in [0.1, 0.15) is 32.1 Å². The summed E-state index contributed by atoms with van der Waals surface area (Å²) in [4.78, 5) is 5.01. The molecule has 2 aliphatic rings. The van der Waals surface area contributed by atoms with E-state index in [0.717, 1.165) is 25.7 Å². The molecule has 4 heteroatoms. The van der Waals surface area contributed by atoms with Gasteiger partial charge in [0.1, 0.15) is 6.04 Å². The Morgan fingerprint density at radius 3 is 2.35 bits per heavy atom. The zero-order chi connectivity index (χ0) is 12.1. The predicted molar refractivity (Wildman–Crippen MR) is 68.5 cm³/mol. The third kappa shape index (κ3) is 3.67. The molecule has 17 heavy (non-hydrogen) atoms. The Morgan fingerprint density at radius 2 is 1.76 bits per heavy atom. The Hall–Kier alpha value is -0.630. The topological polar surface area (TPSA) is 56.3 Å². The molecule has 2 heterocycles. The minimum absolute atomic E-state index is 0.318. The standard InChI is InChI=1S/C13H24N4/c14-10-12(15)11-16-8-4-13(5-9-16)17-6-2-1-3-7-17/h12-13H,1-9,11,15H2. The summed E-state index contributed by atoms with van der Waals surface area (Å²) in [5.74, 6) is 0. The smallest absolute Gasteiger partial charge is 0.106 e. The van der Waals surface area contributed by atoms with Gasteiger partial charge in [0.25, 0.3) is 0 Å². The lowest BCUT2D eigenvalue weighted by Crippen LogP contribution is -2.48. The predicted octanol–water partition coefficient (Wildman–Crippen LogP) is 0.788. The van der Waals surface area contributed by atoms with Crippen molar-refractivity contribution < 1.29 is 0 Å². The van der Waals surface area contributed by atoms with E-state index in [2.05, 4.69) is 15.9 Å². The number of hydrogen-bond acceptors (Lipinski definition) is 4. The Kier molecular flexibility index (Phi) is 4.78. The molecule has 0 amide bonds. The number of likely N-dealkylation sites (tertiary alicyclic amines) is 2. The molecular formula is C13H24N4. The van der Waals surface area contributed by atoms with Crippen LogP contribution in [0.25, 0.3) is 0 Å². The van der Waals surface area contributed by atoms with E-state index in [9.17, 15) is 0 Å². The van der Waals surface area contributed by atoms with Crippen LogP contribution in [0.5, 0.6) is 0 Å². The molecule has 4 nitrogen and oxygen atoms in total. The molecule has 2 fully saturated rings. The number of nitrogens with zero attached hydrogens (tertiary/aromatic N) is 3. The number of piperidine rings is 2. The van der Waals surface area contributed by atoms with E-state index in [-0.39, 0.29) is 6.04 Å². The van der Waals surface area contributed by atoms with Crippen LogP contribution in [0.15, 0.2) is 0 Å². The summed E-state index contributed by atoms with van der Waals surface area (Å²) in [5.41, 5.74) is 5.67. The maximum Gasteiger partial charge on any atom is 0.106 e. The monoisotopic (exact) mass is 236 g/mol. The zero-order valence-electron chi connectivity index (χ0n) is 10.6. The van der Waals surface area contributed by atoms with E-state index in [0.29, 0.717) is 0 Å². The van der Waals surface area contributed by atoms with Crippen LogP contribution in [0, 0.1) is 11.3 Å². The summed E-state index contributed by atoms with van der Waals surface area (Å²) in [6, 6.07) is 2.58. The van der Waals surface area contributed by atoms with Gasteiger partial charge < -0.3 is 15.5 Å². The molecule has 0 aromatic carbocycles. The van der Waals surface area contributed by atoms with Gasteiger partial charge in [-0.25, -0.2) is 0 Å². The van der Waals surface area contributed by atoms with Crippen LogP contribution >= 0.6 is 0 Å². The quantitative estimate of drug-likeness (QED) is 0.787. The second-order valence-corrected chi connectivity index (χ2v) is 5.36. The first-order valence-corrected chi connectivity index (χ1v) is 6.91. The Balaban J connectivity index is 1.72. The van der Waals surface area contributed by atoms with Crippen LogP contribution in [0.3, 0.4) is 0 Å². The van der Waals surface area contributed by atoms with Gasteiger partial charge in [0.05, 0.1) is 6.07 Å². The van der Waals surface area contributed by atoms with Crippen LogP contribution in [0.2, 0.25) is 0 Å². The molecule has 1 unspecified atom stereocenters. The van der Waals surface area contributed by atoms with Crippen molar-refractivity contribution in [3.8, 4) is 6.07 Å². The minimum Gasteiger partial charge on any atom is -0.315 e. The second-order valence-electron chi connectivity index (χ2n) is 5.36. The maximum absolute atomic E-state index is 8.71. The van der Waals surface area contributed by atoms with E-state index in [4.69, 9.17) is 11.0 Å². The Morgan fingerprint density at radius 1 is 1.12 bits per heavy atom. The van der Waals surface area contributed by atoms with E-state index < -0.39 is 0 Å². The van der Waals surface area contributed by atoms with Crippen molar-refractivity contribution in [2.45, 2.75) is 44.2 Å². The van der Waals surface area contributed by atoms with Gasteiger partial charge in [-0.2, -0.15) is 5.26 Å². The first-order valence-electron chi connectivity index (χ1n) is 6.91. The Labute approximate surface area is 104 Å². The van der Waals surface area contributed by atoms with E-state index in [1.54, 1.807) is 0 Å². The summed E-state index contributed by atoms with van der Waals surface area (Å²) in [6.45, 7) is 5.54. The third-order valence-electron chi connectivity index (χ3n) is 4.08. The molecule has 2 saturated heterocycles. The van der Waals surface area contributed by atoms with Gasteiger partial charge in [0.2, 0.25) is 0 Å². The third-order valence-corrected chi connectivity index (χ3v) is 4.08. The maximum atomic E-state index is 8.71. The van der Waals surface area contributed by atoms with E-state index in [1.807, 2.05) is 0 Å². The Bertz CT molecular complexity index is 259. The molecule has 0 bridgehead atoms. The molecule has 1 atom stereocenters. The van der Waals surface area contributed by atoms with Gasteiger partial charge in [-0.05, 0) is 51.9 Å². The first-order chi connectivity index (χ1) is 8.29. The van der Waals surface area contributed by atoms with Gasteiger partial charge in [-0.3, -0.25) is 0 Å². The highest BCUT2D eigenvalue weighted by Crippen LogP contribution is 2.20. The fourth-order valence-corrected chi connectivity index (χ4v) is 3.07. The van der Waals surface area contributed by atoms with Gasteiger partial charge in [-0.15, -0.1) is 0 Å². The van der Waals surface area contributed by atoms with Crippen molar-refractivity contribution in [1.82, 2.24) is 9.80 Å². The molecule has 2 rings (SSSR count). The van der Waals surface area contributed by atoms with Crippen molar-refractivity contribution >= 4 is 0 Å². The highest BCUT2D eigenvalue weighted by Gasteiger charge is 2.25. The fraction of sp³-hybridized carbons (Fsp3) is 0.923. The molecular weight excluding hydrogens is 212 g/mol. The van der Waals surface area contributed by atoms with Crippen molar-refractivity contribution in [2.75, 3.05) is 32.7 Å². The van der Waals surface area contributed by atoms with Crippen molar-refractivity contribution in [2.24, 2.45) is 5.73 Å². The van der Waals surface area contributed by atoms with Crippen molar-refractivity contribution in [3.63, 3.8) is 0 Å². The highest BCUT2D eigenvalue weighted by molar-refractivity contribution is 4.91. The first kappa shape index (κ1) is 12.8. The lowest BCUT2D eigenvalue weighted by Gasteiger charge is -2.40. The lowest BCUT2D eigenvalue weighted by atomic mass is 9.99.